The van der Waals surface area contributed by atoms with E-state index in [4.69, 9.17) is 0 Å². The van der Waals surface area contributed by atoms with Gasteiger partial charge in [-0.15, -0.1) is 0 Å². The number of likely N-dealkylation sites (N-methyl/N-ethyl adjacent to an activating group) is 1. The van der Waals surface area contributed by atoms with Crippen LogP contribution in [0.1, 0.15) is 43.2 Å². The average Bonchev–Trinajstić information content (AvgIpc) is 3.30. The Morgan fingerprint density at radius 3 is 2.21 bits per heavy atom. The molecule has 29 heavy (non-hydrogen) atoms. The van der Waals surface area contributed by atoms with E-state index in [1.807, 2.05) is 12.1 Å². The molecule has 0 amide bonds. The topological polar surface area (TPSA) is 23.8 Å². The Labute approximate surface area is 175 Å². The Kier molecular flexibility index (Phi) is 4.23. The summed E-state index contributed by atoms with van der Waals surface area (Å²) in [6, 6.07) is 24.5. The maximum absolute atomic E-state index is 10.5. The highest BCUT2D eigenvalue weighted by atomic mass is 15.6. The maximum atomic E-state index is 10.5. The van der Waals surface area contributed by atoms with Gasteiger partial charge in [0.15, 0.2) is 5.54 Å². The molecule has 1 saturated heterocycles. The van der Waals surface area contributed by atoms with Crippen LogP contribution in [0.25, 0.3) is 0 Å². The molecular weight excluding hydrogens is 352 g/mol. The minimum Gasteiger partial charge on any atom is -0.305 e. The molecule has 0 aromatic heterocycles. The predicted molar refractivity (Wildman–Crippen MR) is 117 cm³/mol. The number of quaternary nitrogens is 1. The van der Waals surface area contributed by atoms with Gasteiger partial charge < -0.3 is 4.48 Å². The molecule has 148 valence electrons. The van der Waals surface area contributed by atoms with E-state index < -0.39 is 5.41 Å². The second kappa shape index (κ2) is 6.57. The molecule has 5 rings (SSSR count). The minimum atomic E-state index is -0.562. The first kappa shape index (κ1) is 18.6. The zero-order chi connectivity index (χ0) is 20.1. The van der Waals surface area contributed by atoms with Crippen LogP contribution >= 0.6 is 0 Å². The summed E-state index contributed by atoms with van der Waals surface area (Å²) in [5.41, 5.74) is 2.25. The average molecular weight is 384 g/mol. The molecular formula is C27H31N2+. The van der Waals surface area contributed by atoms with E-state index in [9.17, 15) is 5.26 Å². The first-order valence-corrected chi connectivity index (χ1v) is 11.1. The van der Waals surface area contributed by atoms with E-state index in [2.05, 4.69) is 74.3 Å². The number of likely N-dealkylation sites (tertiary alicyclic amines) is 1. The molecule has 0 radical (unpaired) electrons. The van der Waals surface area contributed by atoms with Crippen LogP contribution < -0.4 is 0 Å². The largest absolute Gasteiger partial charge is 0.305 e. The molecule has 2 saturated carbocycles. The number of hydrogen-bond donors (Lipinski definition) is 0. The quantitative estimate of drug-likeness (QED) is 0.369. The van der Waals surface area contributed by atoms with Crippen molar-refractivity contribution in [2.24, 2.45) is 11.8 Å². The van der Waals surface area contributed by atoms with Gasteiger partial charge in [0, 0.05) is 18.8 Å². The summed E-state index contributed by atoms with van der Waals surface area (Å²) in [5, 5.41) is 10.5. The van der Waals surface area contributed by atoms with E-state index in [1.165, 1.54) is 30.2 Å². The van der Waals surface area contributed by atoms with Crippen LogP contribution in [-0.2, 0) is 5.41 Å². The fourth-order valence-electron chi connectivity index (χ4n) is 7.31. The number of benzene rings is 2. The fourth-order valence-corrected chi connectivity index (χ4v) is 7.31. The lowest BCUT2D eigenvalue weighted by molar-refractivity contribution is -0.821. The van der Waals surface area contributed by atoms with Crippen molar-refractivity contribution in [1.29, 1.82) is 5.26 Å². The Hall–Kier alpha value is -2.37. The highest BCUT2D eigenvalue weighted by Crippen LogP contribution is 2.70. The van der Waals surface area contributed by atoms with Crippen molar-refractivity contribution in [3.05, 3.63) is 84.4 Å². The van der Waals surface area contributed by atoms with E-state index in [0.717, 1.165) is 36.1 Å². The molecule has 1 aliphatic heterocycles. The Morgan fingerprint density at radius 2 is 1.72 bits per heavy atom. The Morgan fingerprint density at radius 1 is 1.10 bits per heavy atom. The van der Waals surface area contributed by atoms with Crippen LogP contribution in [0.15, 0.2) is 73.3 Å². The second-order valence-corrected chi connectivity index (χ2v) is 9.77. The third-order valence-electron chi connectivity index (χ3n) is 8.75. The van der Waals surface area contributed by atoms with Crippen LogP contribution in [0.2, 0.25) is 0 Å². The van der Waals surface area contributed by atoms with Crippen LogP contribution in [0.3, 0.4) is 0 Å². The monoisotopic (exact) mass is 383 g/mol. The Balaban J connectivity index is 1.49. The second-order valence-electron chi connectivity index (χ2n) is 9.77. The van der Waals surface area contributed by atoms with Crippen molar-refractivity contribution < 1.29 is 4.48 Å². The molecule has 0 bridgehead atoms. The summed E-state index contributed by atoms with van der Waals surface area (Å²) in [6.07, 6.45) is 8.34. The van der Waals surface area contributed by atoms with Crippen LogP contribution in [0, 0.1) is 23.2 Å². The van der Waals surface area contributed by atoms with Gasteiger partial charge in [0.1, 0.15) is 11.5 Å². The van der Waals surface area contributed by atoms with Crippen LogP contribution in [0.4, 0.5) is 0 Å². The molecule has 5 atom stereocenters. The van der Waals surface area contributed by atoms with E-state index in [0.29, 0.717) is 11.5 Å². The summed E-state index contributed by atoms with van der Waals surface area (Å²) in [4.78, 5) is 0. The predicted octanol–water partition coefficient (Wildman–Crippen LogP) is 5.46. The third kappa shape index (κ3) is 2.44. The van der Waals surface area contributed by atoms with Crippen molar-refractivity contribution >= 4 is 0 Å². The molecule has 1 spiro atoms. The van der Waals surface area contributed by atoms with Gasteiger partial charge in [0.2, 0.25) is 0 Å². The molecule has 0 N–H and O–H groups in total. The Bertz CT molecular complexity index is 904. The zero-order valence-corrected chi connectivity index (χ0v) is 17.4. The summed E-state index contributed by atoms with van der Waals surface area (Å²) in [6.45, 7) is 5.13. The summed E-state index contributed by atoms with van der Waals surface area (Å²) in [5.74, 6) is 1.43. The van der Waals surface area contributed by atoms with Gasteiger partial charge in [-0.2, -0.15) is 5.26 Å². The SMILES string of the molecule is C=CC[N+]1(C)[C@H]2C[C@H](CC(C#N)(c3ccccc3)c3ccccc3)C[C@@H]3CCC321. The third-order valence-corrected chi connectivity index (χ3v) is 8.75. The summed E-state index contributed by atoms with van der Waals surface area (Å²) < 4.78 is 1.20. The van der Waals surface area contributed by atoms with Gasteiger partial charge in [0.05, 0.1) is 19.7 Å². The van der Waals surface area contributed by atoms with Gasteiger partial charge in [-0.3, -0.25) is 0 Å². The van der Waals surface area contributed by atoms with Crippen molar-refractivity contribution in [3.8, 4) is 6.07 Å². The molecule has 1 heterocycles. The lowest BCUT2D eigenvalue weighted by Gasteiger charge is -2.42. The van der Waals surface area contributed by atoms with Gasteiger partial charge in [0.25, 0.3) is 0 Å². The molecule has 3 fully saturated rings. The summed E-state index contributed by atoms with van der Waals surface area (Å²) >= 11 is 0. The van der Waals surface area contributed by atoms with Crippen molar-refractivity contribution in [3.63, 3.8) is 0 Å². The number of rotatable bonds is 6. The lowest BCUT2D eigenvalue weighted by atomic mass is 9.58. The number of nitriles is 1. The number of nitrogens with zero attached hydrogens (tertiary/aromatic N) is 2. The standard InChI is InChI=1S/C27H31N2/c1-3-16-29(2)25-18-21(17-24-14-15-27(24,25)29)19-26(20-28,22-10-6-4-7-11-22)23-12-8-5-9-13-23/h3-13,21,24-25H,1,14-19H2,2H3/q+1/t21-,24+,25+,27?,29?/m1/s1. The van der Waals surface area contributed by atoms with Gasteiger partial charge in [-0.25, -0.2) is 0 Å². The van der Waals surface area contributed by atoms with Crippen LogP contribution in [0.5, 0.6) is 0 Å². The molecule has 3 aliphatic rings. The molecule has 2 heteroatoms. The van der Waals surface area contributed by atoms with E-state index in [1.54, 1.807) is 0 Å². The van der Waals surface area contributed by atoms with Gasteiger partial charge >= 0.3 is 0 Å². The molecule has 2 aliphatic carbocycles. The van der Waals surface area contributed by atoms with Crippen molar-refractivity contribution in [1.82, 2.24) is 0 Å². The van der Waals surface area contributed by atoms with E-state index in [-0.39, 0.29) is 0 Å². The smallest absolute Gasteiger partial charge is 0.155 e. The lowest BCUT2D eigenvalue weighted by Crippen LogP contribution is -2.48. The first-order valence-electron chi connectivity index (χ1n) is 11.1. The molecule has 2 aromatic carbocycles. The van der Waals surface area contributed by atoms with Gasteiger partial charge in [-0.05, 0) is 42.4 Å². The maximum Gasteiger partial charge on any atom is 0.155 e. The molecule has 2 nitrogen and oxygen atoms in total. The highest BCUT2D eigenvalue weighted by molar-refractivity contribution is 5.46. The number of hydrogen-bond acceptors (Lipinski definition) is 1. The zero-order valence-electron chi connectivity index (χ0n) is 17.4. The fraction of sp³-hybridized carbons (Fsp3) is 0.444. The molecule has 2 aromatic rings. The molecule has 2 unspecified atom stereocenters. The van der Waals surface area contributed by atoms with Crippen LogP contribution in [-0.4, -0.2) is 29.7 Å². The highest BCUT2D eigenvalue weighted by Gasteiger charge is 2.83. The summed E-state index contributed by atoms with van der Waals surface area (Å²) in [7, 11) is 2.45. The normalized spacial score (nSPS) is 34.8. The van der Waals surface area contributed by atoms with E-state index >= 15 is 0 Å². The van der Waals surface area contributed by atoms with Crippen molar-refractivity contribution in [2.75, 3.05) is 13.6 Å². The van der Waals surface area contributed by atoms with Crippen molar-refractivity contribution in [2.45, 2.75) is 49.1 Å². The first-order chi connectivity index (χ1) is 14.1. The van der Waals surface area contributed by atoms with Gasteiger partial charge in [-0.1, -0.05) is 67.2 Å². The minimum absolute atomic E-state index is 0.541.